The fourth-order valence-corrected chi connectivity index (χ4v) is 2.39. The fourth-order valence-electron chi connectivity index (χ4n) is 2.39. The third kappa shape index (κ3) is 2.07. The van der Waals surface area contributed by atoms with Gasteiger partial charge in [-0.3, -0.25) is 0 Å². The van der Waals surface area contributed by atoms with Gasteiger partial charge in [-0.15, -0.1) is 0 Å². The Hall–Kier alpha value is -2.55. The molecule has 0 saturated heterocycles. The molecule has 1 aromatic heterocycles. The van der Waals surface area contributed by atoms with Crippen LogP contribution in [-0.4, -0.2) is 14.9 Å². The molecule has 0 saturated carbocycles. The second-order valence-electron chi connectivity index (χ2n) is 4.95. The summed E-state index contributed by atoms with van der Waals surface area (Å²) < 4.78 is 1.79. The normalized spacial score (nSPS) is 10.7. The highest BCUT2D eigenvalue weighted by Crippen LogP contribution is 2.32. The summed E-state index contributed by atoms with van der Waals surface area (Å²) in [5, 5.41) is 14.5. The van der Waals surface area contributed by atoms with Gasteiger partial charge in [0.1, 0.15) is 5.69 Å². The first kappa shape index (κ1) is 12.5. The van der Waals surface area contributed by atoms with Crippen molar-refractivity contribution in [2.24, 2.45) is 0 Å². The number of nitrogens with zero attached hydrogens (tertiary/aromatic N) is 2. The molecule has 1 N–H and O–H groups in total. The molecule has 0 unspecified atom stereocenters. The number of para-hydroxylation sites is 1. The smallest absolute Gasteiger partial charge is 0.162 e. The van der Waals surface area contributed by atoms with E-state index in [1.807, 2.05) is 62.4 Å². The van der Waals surface area contributed by atoms with Crippen LogP contribution in [0.15, 0.2) is 54.7 Å². The number of aryl methyl sites for hydroxylation is 2. The van der Waals surface area contributed by atoms with Gasteiger partial charge in [0.2, 0.25) is 0 Å². The molecule has 3 heteroatoms. The van der Waals surface area contributed by atoms with Crippen LogP contribution in [0.5, 0.6) is 5.75 Å². The zero-order valence-corrected chi connectivity index (χ0v) is 11.5. The van der Waals surface area contributed by atoms with E-state index in [-0.39, 0.29) is 5.75 Å². The van der Waals surface area contributed by atoms with E-state index in [0.717, 1.165) is 28.1 Å². The average Bonchev–Trinajstić information content (AvgIpc) is 2.81. The molecule has 0 spiro atoms. The Balaban J connectivity index is 2.23. The van der Waals surface area contributed by atoms with E-state index in [1.165, 1.54) is 6.20 Å². The third-order valence-corrected chi connectivity index (χ3v) is 3.39. The van der Waals surface area contributed by atoms with Crippen molar-refractivity contribution in [1.29, 1.82) is 0 Å². The van der Waals surface area contributed by atoms with Gasteiger partial charge in [-0.2, -0.15) is 5.10 Å². The molecule has 1 heterocycles. The Labute approximate surface area is 118 Å². The number of hydrogen-bond donors (Lipinski definition) is 1. The number of benzene rings is 2. The third-order valence-electron chi connectivity index (χ3n) is 3.39. The van der Waals surface area contributed by atoms with E-state index in [4.69, 9.17) is 0 Å². The molecule has 20 heavy (non-hydrogen) atoms. The van der Waals surface area contributed by atoms with E-state index >= 15 is 0 Å². The topological polar surface area (TPSA) is 38.1 Å². The van der Waals surface area contributed by atoms with Crippen LogP contribution >= 0.6 is 0 Å². The Bertz CT molecular complexity index is 759. The minimum absolute atomic E-state index is 0.193. The molecule has 100 valence electrons. The van der Waals surface area contributed by atoms with Crippen molar-refractivity contribution in [2.45, 2.75) is 13.8 Å². The quantitative estimate of drug-likeness (QED) is 0.763. The van der Waals surface area contributed by atoms with Crippen molar-refractivity contribution in [3.63, 3.8) is 0 Å². The van der Waals surface area contributed by atoms with Crippen molar-refractivity contribution >= 4 is 0 Å². The SMILES string of the molecule is Cc1cccc(-c2c(O)cnn2-c2ccccc2C)c1. The predicted octanol–water partition coefficient (Wildman–Crippen LogP) is 3.86. The van der Waals surface area contributed by atoms with Crippen molar-refractivity contribution in [1.82, 2.24) is 9.78 Å². The molecule has 3 aromatic rings. The van der Waals surface area contributed by atoms with Gasteiger partial charge in [0.05, 0.1) is 11.9 Å². The Morgan fingerprint density at radius 2 is 1.80 bits per heavy atom. The van der Waals surface area contributed by atoms with Crippen LogP contribution in [0.3, 0.4) is 0 Å². The summed E-state index contributed by atoms with van der Waals surface area (Å²) in [5.74, 6) is 0.193. The van der Waals surface area contributed by atoms with Gasteiger partial charge in [-0.1, -0.05) is 42.0 Å². The fraction of sp³-hybridized carbons (Fsp3) is 0.118. The molecule has 2 aromatic carbocycles. The van der Waals surface area contributed by atoms with Gasteiger partial charge in [-0.25, -0.2) is 4.68 Å². The second-order valence-corrected chi connectivity index (χ2v) is 4.95. The zero-order valence-electron chi connectivity index (χ0n) is 11.5. The van der Waals surface area contributed by atoms with Crippen molar-refractivity contribution in [3.05, 3.63) is 65.9 Å². The number of rotatable bonds is 2. The largest absolute Gasteiger partial charge is 0.504 e. The summed E-state index contributed by atoms with van der Waals surface area (Å²) in [7, 11) is 0. The van der Waals surface area contributed by atoms with Crippen LogP contribution in [0.4, 0.5) is 0 Å². The van der Waals surface area contributed by atoms with Gasteiger partial charge in [0.15, 0.2) is 5.75 Å². The molecule has 0 atom stereocenters. The van der Waals surface area contributed by atoms with Crippen molar-refractivity contribution in [3.8, 4) is 22.7 Å². The van der Waals surface area contributed by atoms with E-state index in [9.17, 15) is 5.11 Å². The second kappa shape index (κ2) is 4.85. The van der Waals surface area contributed by atoms with Crippen LogP contribution in [0.25, 0.3) is 16.9 Å². The number of aromatic nitrogens is 2. The summed E-state index contributed by atoms with van der Waals surface area (Å²) in [6, 6.07) is 16.1. The van der Waals surface area contributed by atoms with E-state index in [0.29, 0.717) is 0 Å². The summed E-state index contributed by atoms with van der Waals surface area (Å²) in [6.07, 6.45) is 1.49. The molecule has 0 bridgehead atoms. The lowest BCUT2D eigenvalue weighted by molar-refractivity contribution is 0.477. The maximum atomic E-state index is 10.1. The molecule has 0 aliphatic heterocycles. The standard InChI is InChI=1S/C17H16N2O/c1-12-6-5-8-14(10-12)17-16(20)11-18-19(17)15-9-4-3-7-13(15)2/h3-11,20H,1-2H3. The van der Waals surface area contributed by atoms with E-state index < -0.39 is 0 Å². The first-order valence-corrected chi connectivity index (χ1v) is 6.57. The van der Waals surface area contributed by atoms with Crippen LogP contribution < -0.4 is 0 Å². The average molecular weight is 264 g/mol. The summed E-state index contributed by atoms with van der Waals surface area (Å²) in [6.45, 7) is 4.07. The molecule has 0 amide bonds. The molecule has 0 fully saturated rings. The maximum absolute atomic E-state index is 10.1. The van der Waals surface area contributed by atoms with Gasteiger partial charge >= 0.3 is 0 Å². The lowest BCUT2D eigenvalue weighted by Gasteiger charge is -2.11. The first-order valence-electron chi connectivity index (χ1n) is 6.57. The lowest BCUT2D eigenvalue weighted by atomic mass is 10.1. The molecule has 0 radical (unpaired) electrons. The Kier molecular flexibility index (Phi) is 3.03. The summed E-state index contributed by atoms with van der Waals surface area (Å²) >= 11 is 0. The first-order chi connectivity index (χ1) is 9.66. The highest BCUT2D eigenvalue weighted by molar-refractivity contribution is 5.69. The Morgan fingerprint density at radius 3 is 2.55 bits per heavy atom. The molecule has 0 aliphatic carbocycles. The summed E-state index contributed by atoms with van der Waals surface area (Å²) in [5.41, 5.74) is 4.93. The zero-order chi connectivity index (χ0) is 14.1. The van der Waals surface area contributed by atoms with Crippen LogP contribution in [-0.2, 0) is 0 Å². The molecule has 3 rings (SSSR count). The van der Waals surface area contributed by atoms with Gasteiger partial charge in [-0.05, 0) is 31.5 Å². The predicted molar refractivity (Wildman–Crippen MR) is 80.1 cm³/mol. The molecular formula is C17H16N2O. The van der Waals surface area contributed by atoms with Crippen LogP contribution in [0.2, 0.25) is 0 Å². The number of aromatic hydroxyl groups is 1. The monoisotopic (exact) mass is 264 g/mol. The van der Waals surface area contributed by atoms with Gasteiger partial charge in [0.25, 0.3) is 0 Å². The van der Waals surface area contributed by atoms with Gasteiger partial charge in [0, 0.05) is 5.56 Å². The molecular weight excluding hydrogens is 248 g/mol. The number of hydrogen-bond acceptors (Lipinski definition) is 2. The van der Waals surface area contributed by atoms with E-state index in [2.05, 4.69) is 5.10 Å². The molecule has 3 nitrogen and oxygen atoms in total. The highest BCUT2D eigenvalue weighted by Gasteiger charge is 2.14. The minimum atomic E-state index is 0.193. The maximum Gasteiger partial charge on any atom is 0.162 e. The highest BCUT2D eigenvalue weighted by atomic mass is 16.3. The van der Waals surface area contributed by atoms with Crippen LogP contribution in [0, 0.1) is 13.8 Å². The lowest BCUT2D eigenvalue weighted by Crippen LogP contribution is -2.01. The van der Waals surface area contributed by atoms with Crippen molar-refractivity contribution < 1.29 is 5.11 Å². The summed E-state index contributed by atoms with van der Waals surface area (Å²) in [4.78, 5) is 0. The van der Waals surface area contributed by atoms with Crippen molar-refractivity contribution in [2.75, 3.05) is 0 Å². The van der Waals surface area contributed by atoms with Gasteiger partial charge < -0.3 is 5.11 Å². The minimum Gasteiger partial charge on any atom is -0.504 e. The Morgan fingerprint density at radius 1 is 1.00 bits per heavy atom. The van der Waals surface area contributed by atoms with Crippen LogP contribution in [0.1, 0.15) is 11.1 Å². The molecule has 0 aliphatic rings. The van der Waals surface area contributed by atoms with E-state index in [1.54, 1.807) is 4.68 Å².